The van der Waals surface area contributed by atoms with Gasteiger partial charge >= 0.3 is 6.18 Å². The van der Waals surface area contributed by atoms with E-state index in [-0.39, 0.29) is 11.3 Å². The number of hydrogen-bond donors (Lipinski definition) is 1. The summed E-state index contributed by atoms with van der Waals surface area (Å²) >= 11 is 0. The van der Waals surface area contributed by atoms with Gasteiger partial charge in [0.25, 0.3) is 5.91 Å². The summed E-state index contributed by atoms with van der Waals surface area (Å²) in [6, 6.07) is 8.77. The summed E-state index contributed by atoms with van der Waals surface area (Å²) in [5.41, 5.74) is -0.898. The molecule has 4 nitrogen and oxygen atoms in total. The fourth-order valence-corrected chi connectivity index (χ4v) is 1.61. The van der Waals surface area contributed by atoms with Gasteiger partial charge in [-0.3, -0.25) is 4.79 Å². The van der Waals surface area contributed by atoms with Gasteiger partial charge < -0.3 is 9.73 Å². The lowest BCUT2D eigenvalue weighted by molar-refractivity contribution is -0.137. The maximum Gasteiger partial charge on any atom is 0.416 e. The second-order valence-corrected chi connectivity index (χ2v) is 4.21. The van der Waals surface area contributed by atoms with Gasteiger partial charge in [0.05, 0.1) is 11.8 Å². The number of furan rings is 1. The second-order valence-electron chi connectivity index (χ2n) is 4.21. The van der Waals surface area contributed by atoms with E-state index in [1.807, 2.05) is 0 Å². The van der Waals surface area contributed by atoms with Crippen LogP contribution >= 0.6 is 0 Å². The summed E-state index contributed by atoms with van der Waals surface area (Å²) in [4.78, 5) is 11.9. The van der Waals surface area contributed by atoms with Crippen molar-refractivity contribution >= 4 is 17.7 Å². The molecule has 1 N–H and O–H groups in total. The van der Waals surface area contributed by atoms with Gasteiger partial charge in [-0.2, -0.15) is 18.4 Å². The summed E-state index contributed by atoms with van der Waals surface area (Å²) in [5, 5.41) is 11.3. The van der Waals surface area contributed by atoms with Gasteiger partial charge in [0.1, 0.15) is 17.4 Å². The van der Waals surface area contributed by atoms with Crippen LogP contribution in [-0.2, 0) is 11.0 Å². The molecule has 1 aromatic heterocycles. The molecule has 22 heavy (non-hydrogen) atoms. The topological polar surface area (TPSA) is 66.0 Å². The Kier molecular flexibility index (Phi) is 4.32. The largest absolute Gasteiger partial charge is 0.465 e. The van der Waals surface area contributed by atoms with Gasteiger partial charge in [0.15, 0.2) is 0 Å². The summed E-state index contributed by atoms with van der Waals surface area (Å²) in [6.07, 6.45) is -1.83. The van der Waals surface area contributed by atoms with Crippen LogP contribution in [0.3, 0.4) is 0 Å². The predicted octanol–water partition coefficient (Wildman–Crippen LogP) is 3.84. The average molecular weight is 306 g/mol. The molecule has 0 atom stereocenters. The van der Waals surface area contributed by atoms with E-state index < -0.39 is 17.6 Å². The number of rotatable bonds is 3. The Balaban J connectivity index is 2.13. The highest BCUT2D eigenvalue weighted by Gasteiger charge is 2.30. The van der Waals surface area contributed by atoms with Crippen LogP contribution in [0.25, 0.3) is 6.08 Å². The zero-order valence-corrected chi connectivity index (χ0v) is 11.0. The smallest absolute Gasteiger partial charge is 0.416 e. The quantitative estimate of drug-likeness (QED) is 0.692. The molecule has 2 aromatic rings. The van der Waals surface area contributed by atoms with E-state index in [4.69, 9.17) is 9.68 Å². The van der Waals surface area contributed by atoms with Crippen LogP contribution < -0.4 is 5.32 Å². The van der Waals surface area contributed by atoms with Gasteiger partial charge in [0.2, 0.25) is 0 Å². The minimum Gasteiger partial charge on any atom is -0.465 e. The molecule has 0 aliphatic rings. The normalized spacial score (nSPS) is 11.8. The first-order chi connectivity index (χ1) is 10.4. The fourth-order valence-electron chi connectivity index (χ4n) is 1.61. The number of nitrogens with zero attached hydrogens (tertiary/aromatic N) is 1. The summed E-state index contributed by atoms with van der Waals surface area (Å²) in [7, 11) is 0. The molecule has 1 amide bonds. The Morgan fingerprint density at radius 2 is 1.91 bits per heavy atom. The standard InChI is InChI=1S/C15H9F3N2O2/c16-15(17,18)11-3-5-12(6-4-11)20-14(21)10(9-19)8-13-2-1-7-22-13/h1-8H,(H,20,21)/b10-8+. The van der Waals surface area contributed by atoms with Crippen molar-refractivity contribution in [2.75, 3.05) is 5.32 Å². The van der Waals surface area contributed by atoms with Crippen LogP contribution in [0.1, 0.15) is 11.3 Å². The predicted molar refractivity (Wildman–Crippen MR) is 72.4 cm³/mol. The van der Waals surface area contributed by atoms with Crippen molar-refractivity contribution in [2.45, 2.75) is 6.18 Å². The maximum atomic E-state index is 12.4. The molecule has 2 rings (SSSR count). The lowest BCUT2D eigenvalue weighted by atomic mass is 10.2. The van der Waals surface area contributed by atoms with Gasteiger partial charge in [-0.1, -0.05) is 0 Å². The molecule has 0 radical (unpaired) electrons. The lowest BCUT2D eigenvalue weighted by Crippen LogP contribution is -2.13. The molecule has 0 bridgehead atoms. The van der Waals surface area contributed by atoms with Crippen LogP contribution in [0.15, 0.2) is 52.7 Å². The molecule has 0 aliphatic carbocycles. The average Bonchev–Trinajstić information content (AvgIpc) is 2.97. The molecule has 0 unspecified atom stereocenters. The molecule has 0 aliphatic heterocycles. The first-order valence-corrected chi connectivity index (χ1v) is 6.04. The highest BCUT2D eigenvalue weighted by molar-refractivity contribution is 6.09. The Labute approximate surface area is 123 Å². The molecule has 0 fully saturated rings. The molecular weight excluding hydrogens is 297 g/mol. The number of amides is 1. The van der Waals surface area contributed by atoms with E-state index >= 15 is 0 Å². The van der Waals surface area contributed by atoms with Gasteiger partial charge in [-0.05, 0) is 36.4 Å². The minimum atomic E-state index is -4.44. The Hall–Kier alpha value is -3.01. The number of nitriles is 1. The number of halogens is 3. The summed E-state index contributed by atoms with van der Waals surface area (Å²) < 4.78 is 42.3. The number of nitrogens with one attached hydrogen (secondary N) is 1. The molecule has 0 saturated carbocycles. The van der Waals surface area contributed by atoms with Crippen molar-refractivity contribution in [1.29, 1.82) is 5.26 Å². The third-order valence-corrected chi connectivity index (χ3v) is 2.66. The second kappa shape index (κ2) is 6.18. The Bertz CT molecular complexity index is 724. The molecule has 1 heterocycles. The van der Waals surface area contributed by atoms with E-state index in [1.165, 1.54) is 12.3 Å². The van der Waals surface area contributed by atoms with Crippen molar-refractivity contribution in [2.24, 2.45) is 0 Å². The first-order valence-electron chi connectivity index (χ1n) is 6.04. The first kappa shape index (κ1) is 15.4. The number of benzene rings is 1. The summed E-state index contributed by atoms with van der Waals surface area (Å²) in [6.45, 7) is 0. The van der Waals surface area contributed by atoms with Crippen molar-refractivity contribution in [3.05, 3.63) is 59.6 Å². The van der Waals surface area contributed by atoms with Crippen molar-refractivity contribution in [3.8, 4) is 6.07 Å². The molecule has 112 valence electrons. The van der Waals surface area contributed by atoms with E-state index in [1.54, 1.807) is 18.2 Å². The highest BCUT2D eigenvalue weighted by atomic mass is 19.4. The van der Waals surface area contributed by atoms with Gasteiger partial charge in [-0.15, -0.1) is 0 Å². The maximum absolute atomic E-state index is 12.4. The Morgan fingerprint density at radius 1 is 1.23 bits per heavy atom. The molecule has 0 spiro atoms. The van der Waals surface area contributed by atoms with E-state index in [2.05, 4.69) is 5.32 Å². The van der Waals surface area contributed by atoms with Crippen LogP contribution in [-0.4, -0.2) is 5.91 Å². The zero-order valence-electron chi connectivity index (χ0n) is 11.0. The summed E-state index contributed by atoms with van der Waals surface area (Å²) in [5.74, 6) is -0.419. The van der Waals surface area contributed by atoms with E-state index in [0.29, 0.717) is 5.76 Å². The van der Waals surface area contributed by atoms with E-state index in [0.717, 1.165) is 24.3 Å². The monoisotopic (exact) mass is 306 g/mol. The number of carbonyl (C=O) groups is 1. The highest BCUT2D eigenvalue weighted by Crippen LogP contribution is 2.29. The van der Waals surface area contributed by atoms with Crippen molar-refractivity contribution in [1.82, 2.24) is 0 Å². The SMILES string of the molecule is N#C/C(=C\c1ccco1)C(=O)Nc1ccc(C(F)(F)F)cc1. The number of alkyl halides is 3. The zero-order chi connectivity index (χ0) is 16.2. The Morgan fingerprint density at radius 3 is 2.41 bits per heavy atom. The molecule has 0 saturated heterocycles. The third-order valence-electron chi connectivity index (χ3n) is 2.66. The van der Waals surface area contributed by atoms with Crippen LogP contribution in [0.2, 0.25) is 0 Å². The minimum absolute atomic E-state index is 0.151. The molecule has 7 heteroatoms. The van der Waals surface area contributed by atoms with Crippen molar-refractivity contribution in [3.63, 3.8) is 0 Å². The molecular formula is C15H9F3N2O2. The van der Waals surface area contributed by atoms with Crippen LogP contribution in [0.5, 0.6) is 0 Å². The number of carbonyl (C=O) groups excluding carboxylic acids is 1. The van der Waals surface area contributed by atoms with E-state index in [9.17, 15) is 18.0 Å². The van der Waals surface area contributed by atoms with Gasteiger partial charge in [0, 0.05) is 11.8 Å². The number of anilines is 1. The van der Waals surface area contributed by atoms with Crippen molar-refractivity contribution < 1.29 is 22.4 Å². The van der Waals surface area contributed by atoms with Crippen LogP contribution in [0, 0.1) is 11.3 Å². The number of hydrogen-bond acceptors (Lipinski definition) is 3. The third kappa shape index (κ3) is 3.76. The van der Waals surface area contributed by atoms with Gasteiger partial charge in [-0.25, -0.2) is 0 Å². The molecule has 1 aromatic carbocycles. The van der Waals surface area contributed by atoms with Crippen LogP contribution in [0.4, 0.5) is 18.9 Å². The lowest BCUT2D eigenvalue weighted by Gasteiger charge is -2.08. The fraction of sp³-hybridized carbons (Fsp3) is 0.0667.